The van der Waals surface area contributed by atoms with Crippen LogP contribution in [0.15, 0.2) is 0 Å². The van der Waals surface area contributed by atoms with Gasteiger partial charge in [0.1, 0.15) is 0 Å². The average molecular weight is 232 g/mol. The van der Waals surface area contributed by atoms with Crippen LogP contribution in [0.2, 0.25) is 0 Å². The number of hydrogen-bond donors (Lipinski definition) is 4. The summed E-state index contributed by atoms with van der Waals surface area (Å²) in [5, 5.41) is 20.3. The Bertz CT molecular complexity index is 281. The minimum Gasteiger partial charge on any atom is -0.479 e. The summed E-state index contributed by atoms with van der Waals surface area (Å²) in [5.74, 6) is -1.87. The Morgan fingerprint density at radius 2 is 1.75 bits per heavy atom. The van der Waals surface area contributed by atoms with E-state index in [0.29, 0.717) is 0 Å². The summed E-state index contributed by atoms with van der Waals surface area (Å²) in [4.78, 5) is 22.1. The molecule has 5 N–H and O–H groups in total. The lowest BCUT2D eigenvalue weighted by Gasteiger charge is -2.27. The van der Waals surface area contributed by atoms with Gasteiger partial charge in [0.25, 0.3) is 0 Å². The molecule has 0 aliphatic heterocycles. The first-order valence-electron chi connectivity index (χ1n) is 4.97. The number of carboxylic acid groups (broad SMARTS) is 1. The van der Waals surface area contributed by atoms with Crippen LogP contribution in [0.4, 0.5) is 0 Å². The van der Waals surface area contributed by atoms with Crippen LogP contribution >= 0.6 is 0 Å². The average Bonchev–Trinajstić information content (AvgIpc) is 2.11. The fraction of sp³-hybridized carbons (Fsp3) is 0.800. The molecule has 2 atom stereocenters. The molecule has 0 saturated carbocycles. The second kappa shape index (κ2) is 4.80. The maximum atomic E-state index is 11.5. The van der Waals surface area contributed by atoms with Crippen molar-refractivity contribution in [3.63, 3.8) is 0 Å². The summed E-state index contributed by atoms with van der Waals surface area (Å²) >= 11 is 0. The van der Waals surface area contributed by atoms with Crippen molar-refractivity contribution in [3.05, 3.63) is 0 Å². The summed E-state index contributed by atoms with van der Waals surface area (Å²) in [5.41, 5.74) is 3.26. The van der Waals surface area contributed by atoms with E-state index < -0.39 is 28.9 Å². The van der Waals surface area contributed by atoms with Crippen molar-refractivity contribution in [2.45, 2.75) is 39.3 Å². The van der Waals surface area contributed by atoms with Crippen molar-refractivity contribution >= 4 is 11.9 Å². The standard InChI is InChI=1S/C10H20N2O4/c1-9(2,3)6(11)7(13)12-5-10(4,16)8(14)15/h6,16H,5,11H2,1-4H3,(H,12,13)(H,14,15). The van der Waals surface area contributed by atoms with E-state index in [1.54, 1.807) is 20.8 Å². The van der Waals surface area contributed by atoms with Crippen LogP contribution in [-0.4, -0.2) is 40.3 Å². The molecule has 16 heavy (non-hydrogen) atoms. The number of nitrogens with two attached hydrogens (primary N) is 1. The number of hydrogen-bond acceptors (Lipinski definition) is 4. The summed E-state index contributed by atoms with van der Waals surface area (Å²) in [6.07, 6.45) is 0. The van der Waals surface area contributed by atoms with E-state index in [4.69, 9.17) is 10.8 Å². The molecule has 6 nitrogen and oxygen atoms in total. The highest BCUT2D eigenvalue weighted by Gasteiger charge is 2.33. The van der Waals surface area contributed by atoms with E-state index in [1.165, 1.54) is 0 Å². The smallest absolute Gasteiger partial charge is 0.337 e. The molecule has 0 aliphatic carbocycles. The van der Waals surface area contributed by atoms with Crippen LogP contribution in [0.5, 0.6) is 0 Å². The van der Waals surface area contributed by atoms with E-state index in [-0.39, 0.29) is 6.54 Å². The number of carboxylic acids is 1. The van der Waals surface area contributed by atoms with Gasteiger partial charge < -0.3 is 21.3 Å². The number of aliphatic carboxylic acids is 1. The second-order valence-electron chi connectivity index (χ2n) is 5.14. The van der Waals surface area contributed by atoms with Crippen molar-refractivity contribution in [2.75, 3.05) is 6.54 Å². The van der Waals surface area contributed by atoms with Gasteiger partial charge in [-0.05, 0) is 12.3 Å². The molecule has 0 radical (unpaired) electrons. The topological polar surface area (TPSA) is 113 Å². The SMILES string of the molecule is CC(O)(CNC(=O)C(N)C(C)(C)C)C(=O)O. The zero-order chi connectivity index (χ0) is 13.1. The molecular weight excluding hydrogens is 212 g/mol. The van der Waals surface area contributed by atoms with Crippen molar-refractivity contribution in [1.29, 1.82) is 0 Å². The van der Waals surface area contributed by atoms with Crippen molar-refractivity contribution in [3.8, 4) is 0 Å². The van der Waals surface area contributed by atoms with Gasteiger partial charge in [-0.15, -0.1) is 0 Å². The largest absolute Gasteiger partial charge is 0.479 e. The van der Waals surface area contributed by atoms with Gasteiger partial charge in [0.15, 0.2) is 5.60 Å². The highest BCUT2D eigenvalue weighted by atomic mass is 16.4. The highest BCUT2D eigenvalue weighted by molar-refractivity contribution is 5.84. The molecule has 0 aromatic heterocycles. The van der Waals surface area contributed by atoms with E-state index in [1.807, 2.05) is 0 Å². The number of aliphatic hydroxyl groups is 1. The molecule has 0 aromatic carbocycles. The molecule has 6 heteroatoms. The predicted molar refractivity (Wildman–Crippen MR) is 58.7 cm³/mol. The van der Waals surface area contributed by atoms with Gasteiger partial charge in [-0.1, -0.05) is 20.8 Å². The summed E-state index contributed by atoms with van der Waals surface area (Å²) in [6, 6.07) is -0.753. The van der Waals surface area contributed by atoms with E-state index in [0.717, 1.165) is 6.92 Å². The quantitative estimate of drug-likeness (QED) is 0.512. The van der Waals surface area contributed by atoms with Crippen molar-refractivity contribution in [2.24, 2.45) is 11.1 Å². The second-order valence-corrected chi connectivity index (χ2v) is 5.14. The molecule has 0 heterocycles. The fourth-order valence-electron chi connectivity index (χ4n) is 0.838. The lowest BCUT2D eigenvalue weighted by Crippen LogP contribution is -2.53. The molecule has 0 aromatic rings. The van der Waals surface area contributed by atoms with Crippen molar-refractivity contribution in [1.82, 2.24) is 5.32 Å². The Morgan fingerprint density at radius 3 is 2.06 bits per heavy atom. The molecule has 94 valence electrons. The molecule has 0 fully saturated rings. The van der Waals surface area contributed by atoms with Crippen LogP contribution in [0, 0.1) is 5.41 Å². The first-order chi connectivity index (χ1) is 6.98. The van der Waals surface area contributed by atoms with E-state index in [2.05, 4.69) is 5.32 Å². The van der Waals surface area contributed by atoms with Crippen molar-refractivity contribution < 1.29 is 19.8 Å². The zero-order valence-electron chi connectivity index (χ0n) is 10.1. The maximum Gasteiger partial charge on any atom is 0.337 e. The lowest BCUT2D eigenvalue weighted by atomic mass is 9.87. The molecule has 2 unspecified atom stereocenters. The van der Waals surface area contributed by atoms with Gasteiger partial charge in [-0.25, -0.2) is 4.79 Å². The molecule has 0 rings (SSSR count). The summed E-state index contributed by atoms with van der Waals surface area (Å²) < 4.78 is 0. The molecule has 1 amide bonds. The number of carbonyl (C=O) groups excluding carboxylic acids is 1. The summed E-state index contributed by atoms with van der Waals surface area (Å²) in [6.45, 7) is 6.13. The number of amides is 1. The monoisotopic (exact) mass is 232 g/mol. The minimum atomic E-state index is -1.98. The van der Waals surface area contributed by atoms with Gasteiger partial charge in [-0.3, -0.25) is 4.79 Å². The minimum absolute atomic E-state index is 0.370. The first-order valence-corrected chi connectivity index (χ1v) is 4.97. The molecule has 0 bridgehead atoms. The third-order valence-corrected chi connectivity index (χ3v) is 2.28. The summed E-state index contributed by atoms with van der Waals surface area (Å²) in [7, 11) is 0. The van der Waals surface area contributed by atoms with Crippen LogP contribution in [0.25, 0.3) is 0 Å². The van der Waals surface area contributed by atoms with Crippen LogP contribution in [0.3, 0.4) is 0 Å². The van der Waals surface area contributed by atoms with Crippen LogP contribution in [-0.2, 0) is 9.59 Å². The van der Waals surface area contributed by atoms with Gasteiger partial charge in [0, 0.05) is 0 Å². The molecule has 0 spiro atoms. The van der Waals surface area contributed by atoms with Gasteiger partial charge in [0.2, 0.25) is 5.91 Å². The van der Waals surface area contributed by atoms with Gasteiger partial charge in [0.05, 0.1) is 12.6 Å². The zero-order valence-corrected chi connectivity index (χ0v) is 10.1. The highest BCUT2D eigenvalue weighted by Crippen LogP contribution is 2.17. The Hall–Kier alpha value is -1.14. The Kier molecular flexibility index (Phi) is 4.45. The third kappa shape index (κ3) is 4.16. The van der Waals surface area contributed by atoms with Crippen LogP contribution < -0.4 is 11.1 Å². The molecule has 0 aliphatic rings. The Morgan fingerprint density at radius 1 is 1.31 bits per heavy atom. The Balaban J connectivity index is 4.34. The van der Waals surface area contributed by atoms with Crippen LogP contribution in [0.1, 0.15) is 27.7 Å². The van der Waals surface area contributed by atoms with Gasteiger partial charge in [-0.2, -0.15) is 0 Å². The third-order valence-electron chi connectivity index (χ3n) is 2.28. The number of carbonyl (C=O) groups is 2. The first kappa shape index (κ1) is 14.9. The van der Waals surface area contributed by atoms with Gasteiger partial charge >= 0.3 is 5.97 Å². The Labute approximate surface area is 94.8 Å². The lowest BCUT2D eigenvalue weighted by molar-refractivity contribution is -0.156. The maximum absolute atomic E-state index is 11.5. The predicted octanol–water partition coefficient (Wildman–Crippen LogP) is -0.688. The number of rotatable bonds is 4. The fourth-order valence-corrected chi connectivity index (χ4v) is 0.838. The molecular formula is C10H20N2O4. The number of nitrogens with one attached hydrogen (secondary N) is 1. The normalized spacial score (nSPS) is 17.4. The van der Waals surface area contributed by atoms with E-state index >= 15 is 0 Å². The van der Waals surface area contributed by atoms with E-state index in [9.17, 15) is 14.7 Å². The molecule has 0 saturated heterocycles.